The fourth-order valence-electron chi connectivity index (χ4n) is 2.50. The van der Waals surface area contributed by atoms with Crippen molar-refractivity contribution in [2.75, 3.05) is 31.1 Å². The zero-order valence-corrected chi connectivity index (χ0v) is 12.4. The van der Waals surface area contributed by atoms with E-state index in [9.17, 15) is 0 Å². The molecule has 0 bridgehead atoms. The molecule has 7 nitrogen and oxygen atoms in total. The summed E-state index contributed by atoms with van der Waals surface area (Å²) in [4.78, 5) is 17.6. The van der Waals surface area contributed by atoms with Crippen molar-refractivity contribution in [2.45, 2.75) is 26.3 Å². The molecule has 1 aliphatic rings. The van der Waals surface area contributed by atoms with Gasteiger partial charge < -0.3 is 9.42 Å². The van der Waals surface area contributed by atoms with Crippen molar-refractivity contribution in [3.05, 3.63) is 30.2 Å². The number of aryl methyl sites for hydroxylation is 1. The second-order valence-corrected chi connectivity index (χ2v) is 5.15. The number of nitrogens with zero attached hydrogens (tertiary/aromatic N) is 6. The summed E-state index contributed by atoms with van der Waals surface area (Å²) < 4.78 is 5.34. The van der Waals surface area contributed by atoms with E-state index < -0.39 is 0 Å². The van der Waals surface area contributed by atoms with E-state index in [0.717, 1.165) is 44.4 Å². The third-order valence-corrected chi connectivity index (χ3v) is 3.85. The van der Waals surface area contributed by atoms with Gasteiger partial charge in [-0.1, -0.05) is 12.1 Å². The smallest absolute Gasteiger partial charge is 0.243 e. The zero-order valence-electron chi connectivity index (χ0n) is 12.4. The highest BCUT2D eigenvalue weighted by atomic mass is 16.5. The molecule has 3 heterocycles. The number of hydrogen-bond donors (Lipinski definition) is 0. The van der Waals surface area contributed by atoms with Gasteiger partial charge in [0.25, 0.3) is 0 Å². The Bertz CT molecular complexity index is 564. The van der Waals surface area contributed by atoms with E-state index >= 15 is 0 Å². The molecule has 0 aromatic carbocycles. The van der Waals surface area contributed by atoms with Crippen LogP contribution in [0.5, 0.6) is 0 Å². The van der Waals surface area contributed by atoms with Crippen molar-refractivity contribution < 1.29 is 4.52 Å². The summed E-state index contributed by atoms with van der Waals surface area (Å²) in [5.74, 6) is 2.28. The van der Waals surface area contributed by atoms with E-state index in [4.69, 9.17) is 4.52 Å². The first-order valence-electron chi connectivity index (χ1n) is 7.36. The molecule has 7 heteroatoms. The highest BCUT2D eigenvalue weighted by Crippen LogP contribution is 2.21. The van der Waals surface area contributed by atoms with Gasteiger partial charge in [0.1, 0.15) is 0 Å². The zero-order chi connectivity index (χ0) is 14.7. The predicted octanol–water partition coefficient (Wildman–Crippen LogP) is 1.31. The van der Waals surface area contributed by atoms with Gasteiger partial charge in [0.15, 0.2) is 5.82 Å². The molecule has 0 radical (unpaired) electrons. The standard InChI is InChI=1S/C14H20N6O/c1-3-12-17-13(21-18-12)11(2)19-7-9-20(10-8-19)14-15-5-4-6-16-14/h4-6,11H,3,7-10H2,1-2H3/t11-/m0/s1. The lowest BCUT2D eigenvalue weighted by Crippen LogP contribution is -2.47. The molecule has 3 rings (SSSR count). The van der Waals surface area contributed by atoms with E-state index in [-0.39, 0.29) is 6.04 Å². The lowest BCUT2D eigenvalue weighted by Gasteiger charge is -2.36. The second kappa shape index (κ2) is 6.17. The molecule has 2 aromatic rings. The predicted molar refractivity (Wildman–Crippen MR) is 77.9 cm³/mol. The molecule has 0 amide bonds. The molecule has 0 unspecified atom stereocenters. The van der Waals surface area contributed by atoms with E-state index in [1.807, 2.05) is 13.0 Å². The van der Waals surface area contributed by atoms with E-state index in [0.29, 0.717) is 5.89 Å². The summed E-state index contributed by atoms with van der Waals surface area (Å²) in [6, 6.07) is 1.99. The minimum atomic E-state index is 0.150. The van der Waals surface area contributed by atoms with E-state index in [1.54, 1.807) is 12.4 Å². The largest absolute Gasteiger partial charge is 0.338 e. The highest BCUT2D eigenvalue weighted by Gasteiger charge is 2.26. The molecule has 1 fully saturated rings. The summed E-state index contributed by atoms with van der Waals surface area (Å²) in [5.41, 5.74) is 0. The molecule has 0 spiro atoms. The summed E-state index contributed by atoms with van der Waals surface area (Å²) in [7, 11) is 0. The lowest BCUT2D eigenvalue weighted by atomic mass is 10.2. The molecule has 1 saturated heterocycles. The Hall–Kier alpha value is -2.02. The Kier molecular flexibility index (Phi) is 4.10. The molecular weight excluding hydrogens is 268 g/mol. The topological polar surface area (TPSA) is 71.2 Å². The Morgan fingerprint density at radius 2 is 1.90 bits per heavy atom. The number of piperazine rings is 1. The first-order valence-corrected chi connectivity index (χ1v) is 7.36. The van der Waals surface area contributed by atoms with Gasteiger partial charge in [0.2, 0.25) is 11.8 Å². The van der Waals surface area contributed by atoms with Crippen molar-refractivity contribution >= 4 is 5.95 Å². The van der Waals surface area contributed by atoms with Crippen LogP contribution < -0.4 is 4.90 Å². The van der Waals surface area contributed by atoms with E-state index in [2.05, 4.69) is 36.8 Å². The number of anilines is 1. The van der Waals surface area contributed by atoms with Crippen LogP contribution in [0.2, 0.25) is 0 Å². The Morgan fingerprint density at radius 3 is 2.52 bits per heavy atom. The molecule has 21 heavy (non-hydrogen) atoms. The normalized spacial score (nSPS) is 17.9. The van der Waals surface area contributed by atoms with Gasteiger partial charge in [-0.2, -0.15) is 4.98 Å². The minimum Gasteiger partial charge on any atom is -0.338 e. The van der Waals surface area contributed by atoms with Crippen molar-refractivity contribution in [1.82, 2.24) is 25.0 Å². The van der Waals surface area contributed by atoms with Crippen molar-refractivity contribution in [3.8, 4) is 0 Å². The molecule has 0 saturated carbocycles. The molecule has 2 aromatic heterocycles. The van der Waals surface area contributed by atoms with Gasteiger partial charge in [0.05, 0.1) is 6.04 Å². The molecule has 1 aliphatic heterocycles. The van der Waals surface area contributed by atoms with Crippen LogP contribution in [0.25, 0.3) is 0 Å². The quantitative estimate of drug-likeness (QED) is 0.839. The molecule has 0 N–H and O–H groups in total. The number of rotatable bonds is 4. The number of hydrogen-bond acceptors (Lipinski definition) is 7. The van der Waals surface area contributed by atoms with Crippen LogP contribution in [-0.2, 0) is 6.42 Å². The van der Waals surface area contributed by atoms with Crippen LogP contribution in [0.15, 0.2) is 23.0 Å². The minimum absolute atomic E-state index is 0.150. The maximum absolute atomic E-state index is 5.34. The lowest BCUT2D eigenvalue weighted by molar-refractivity contribution is 0.163. The first-order chi connectivity index (χ1) is 10.3. The van der Waals surface area contributed by atoms with Gasteiger partial charge in [-0.05, 0) is 13.0 Å². The summed E-state index contributed by atoms with van der Waals surface area (Å²) >= 11 is 0. The Morgan fingerprint density at radius 1 is 1.19 bits per heavy atom. The third kappa shape index (κ3) is 3.02. The van der Waals surface area contributed by atoms with Crippen molar-refractivity contribution in [1.29, 1.82) is 0 Å². The Labute approximate surface area is 124 Å². The van der Waals surface area contributed by atoms with Crippen LogP contribution >= 0.6 is 0 Å². The first kappa shape index (κ1) is 13.9. The third-order valence-electron chi connectivity index (χ3n) is 3.85. The van der Waals surface area contributed by atoms with Crippen molar-refractivity contribution in [3.63, 3.8) is 0 Å². The van der Waals surface area contributed by atoms with Gasteiger partial charge >= 0.3 is 0 Å². The van der Waals surface area contributed by atoms with Crippen LogP contribution in [0.1, 0.15) is 31.6 Å². The maximum Gasteiger partial charge on any atom is 0.243 e. The average molecular weight is 288 g/mol. The van der Waals surface area contributed by atoms with Gasteiger partial charge in [-0.15, -0.1) is 0 Å². The van der Waals surface area contributed by atoms with Crippen molar-refractivity contribution in [2.24, 2.45) is 0 Å². The van der Waals surface area contributed by atoms with Gasteiger partial charge in [0, 0.05) is 45.0 Å². The van der Waals surface area contributed by atoms with Crippen LogP contribution in [-0.4, -0.2) is 51.2 Å². The monoisotopic (exact) mass is 288 g/mol. The molecule has 112 valence electrons. The van der Waals surface area contributed by atoms with Crippen LogP contribution in [0.3, 0.4) is 0 Å². The summed E-state index contributed by atoms with van der Waals surface area (Å²) in [5, 5.41) is 3.97. The average Bonchev–Trinajstić information content (AvgIpc) is 3.04. The van der Waals surface area contributed by atoms with E-state index in [1.165, 1.54) is 0 Å². The summed E-state index contributed by atoms with van der Waals surface area (Å²) in [6.45, 7) is 7.82. The van der Waals surface area contributed by atoms with Gasteiger partial charge in [-0.25, -0.2) is 9.97 Å². The molecular formula is C14H20N6O. The highest BCUT2D eigenvalue weighted by molar-refractivity contribution is 5.29. The number of aromatic nitrogens is 4. The van der Waals surface area contributed by atoms with Gasteiger partial charge in [-0.3, -0.25) is 4.90 Å². The summed E-state index contributed by atoms with van der Waals surface area (Å²) in [6.07, 6.45) is 4.36. The van der Waals surface area contributed by atoms with Crippen LogP contribution in [0.4, 0.5) is 5.95 Å². The fourth-order valence-corrected chi connectivity index (χ4v) is 2.50. The molecule has 0 aliphatic carbocycles. The fraction of sp³-hybridized carbons (Fsp3) is 0.571. The van der Waals surface area contributed by atoms with Crippen LogP contribution in [0, 0.1) is 0 Å². The Balaban J connectivity index is 1.60. The second-order valence-electron chi connectivity index (χ2n) is 5.15. The maximum atomic E-state index is 5.34. The SMILES string of the molecule is CCc1noc([C@H](C)N2CCN(c3ncccn3)CC2)n1. The molecule has 1 atom stereocenters.